The van der Waals surface area contributed by atoms with Crippen molar-refractivity contribution < 1.29 is 17.2 Å². The lowest BCUT2D eigenvalue weighted by atomic mass is 10.0. The molecule has 3 aromatic rings. The summed E-state index contributed by atoms with van der Waals surface area (Å²) in [6.45, 7) is 2.15. The Labute approximate surface area is 154 Å². The third kappa shape index (κ3) is 3.51. The molecule has 0 N–H and O–H groups in total. The van der Waals surface area contributed by atoms with Crippen molar-refractivity contribution in [3.05, 3.63) is 65.0 Å². The zero-order chi connectivity index (χ0) is 18.3. The van der Waals surface area contributed by atoms with Gasteiger partial charge in [-0.1, -0.05) is 6.07 Å². The molecular formula is C19H17F2NO2S2. The normalized spacial score (nSPS) is 16.1. The number of hydrogen-bond acceptors (Lipinski definition) is 4. The predicted molar refractivity (Wildman–Crippen MR) is 99.0 cm³/mol. The number of likely N-dealkylation sites (tertiary alicyclic amines) is 1. The summed E-state index contributed by atoms with van der Waals surface area (Å²) >= 11 is 1.52. The quantitative estimate of drug-likeness (QED) is 0.613. The average Bonchev–Trinajstić information content (AvgIpc) is 2.95. The number of hydrogen-bond donors (Lipinski definition) is 0. The Morgan fingerprint density at radius 2 is 1.73 bits per heavy atom. The fourth-order valence-electron chi connectivity index (χ4n) is 3.38. The van der Waals surface area contributed by atoms with Gasteiger partial charge in [-0.2, -0.15) is 0 Å². The zero-order valence-corrected chi connectivity index (χ0v) is 15.5. The summed E-state index contributed by atoms with van der Waals surface area (Å²) in [7, 11) is -3.39. The van der Waals surface area contributed by atoms with Crippen molar-refractivity contribution in [3.8, 4) is 0 Å². The fourth-order valence-corrected chi connectivity index (χ4v) is 5.93. The third-order valence-electron chi connectivity index (χ3n) is 4.67. The standard InChI is InChI=1S/C19H17F2NO2S2/c20-15-1-4-17(5-2-15)26(23,24)12-13-8-22(9-13)10-14-11-25-19-7-16(21)3-6-18(14)19/h1-7,11,13H,8-10,12H2. The monoisotopic (exact) mass is 393 g/mol. The second-order valence-electron chi connectivity index (χ2n) is 6.70. The van der Waals surface area contributed by atoms with E-state index in [9.17, 15) is 17.2 Å². The van der Waals surface area contributed by atoms with Crippen LogP contribution in [0.2, 0.25) is 0 Å². The molecule has 0 saturated carbocycles. The summed E-state index contributed by atoms with van der Waals surface area (Å²) in [4.78, 5) is 2.36. The van der Waals surface area contributed by atoms with Crippen LogP contribution in [0.3, 0.4) is 0 Å². The Balaban J connectivity index is 1.37. The summed E-state index contributed by atoms with van der Waals surface area (Å²) in [5.74, 6) is -0.528. The molecule has 2 heterocycles. The van der Waals surface area contributed by atoms with Crippen molar-refractivity contribution in [3.63, 3.8) is 0 Å². The summed E-state index contributed by atoms with van der Waals surface area (Å²) in [6, 6.07) is 9.78. The Morgan fingerprint density at radius 1 is 1.04 bits per heavy atom. The maximum absolute atomic E-state index is 13.3. The topological polar surface area (TPSA) is 37.4 Å². The minimum atomic E-state index is -3.39. The first-order valence-electron chi connectivity index (χ1n) is 8.27. The van der Waals surface area contributed by atoms with E-state index in [1.807, 2.05) is 5.38 Å². The molecule has 0 unspecified atom stereocenters. The fraction of sp³-hybridized carbons (Fsp3) is 0.263. The van der Waals surface area contributed by atoms with Crippen molar-refractivity contribution in [2.24, 2.45) is 5.92 Å². The highest BCUT2D eigenvalue weighted by Gasteiger charge is 2.31. The maximum Gasteiger partial charge on any atom is 0.178 e. The van der Waals surface area contributed by atoms with Crippen LogP contribution >= 0.6 is 11.3 Å². The molecule has 1 saturated heterocycles. The second kappa shape index (κ2) is 6.72. The van der Waals surface area contributed by atoms with Gasteiger partial charge in [0, 0.05) is 24.3 Å². The Kier molecular flexibility index (Phi) is 4.54. The molecule has 0 radical (unpaired) electrons. The molecule has 0 aliphatic carbocycles. The number of nitrogens with zero attached hydrogens (tertiary/aromatic N) is 1. The van der Waals surface area contributed by atoms with Gasteiger partial charge in [0.1, 0.15) is 11.6 Å². The number of halogens is 2. The highest BCUT2D eigenvalue weighted by molar-refractivity contribution is 7.91. The van der Waals surface area contributed by atoms with E-state index >= 15 is 0 Å². The number of benzene rings is 2. The summed E-state index contributed by atoms with van der Waals surface area (Å²) in [6.07, 6.45) is 0. The van der Waals surface area contributed by atoms with E-state index in [4.69, 9.17) is 0 Å². The molecule has 4 rings (SSSR count). The van der Waals surface area contributed by atoms with E-state index in [-0.39, 0.29) is 22.4 Å². The minimum Gasteiger partial charge on any atom is -0.298 e. The maximum atomic E-state index is 13.3. The molecule has 0 amide bonds. The Morgan fingerprint density at radius 3 is 2.46 bits per heavy atom. The van der Waals surface area contributed by atoms with E-state index in [1.165, 1.54) is 47.7 Å². The van der Waals surface area contributed by atoms with Crippen LogP contribution in [0.25, 0.3) is 10.1 Å². The van der Waals surface area contributed by atoms with Crippen LogP contribution in [0.5, 0.6) is 0 Å². The van der Waals surface area contributed by atoms with E-state index in [2.05, 4.69) is 4.90 Å². The van der Waals surface area contributed by atoms with Gasteiger partial charge in [0.2, 0.25) is 0 Å². The molecule has 1 fully saturated rings. The van der Waals surface area contributed by atoms with Crippen molar-refractivity contribution in [2.75, 3.05) is 18.8 Å². The minimum absolute atomic E-state index is 0.0741. The first kappa shape index (κ1) is 17.6. The largest absolute Gasteiger partial charge is 0.298 e. The van der Waals surface area contributed by atoms with Gasteiger partial charge in [0.15, 0.2) is 9.84 Å². The van der Waals surface area contributed by atoms with Crippen molar-refractivity contribution >= 4 is 31.3 Å². The average molecular weight is 393 g/mol. The van der Waals surface area contributed by atoms with E-state index in [1.54, 1.807) is 6.07 Å². The van der Waals surface area contributed by atoms with Gasteiger partial charge in [-0.05, 0) is 58.6 Å². The first-order valence-corrected chi connectivity index (χ1v) is 10.8. The van der Waals surface area contributed by atoms with Crippen LogP contribution in [0.1, 0.15) is 5.56 Å². The van der Waals surface area contributed by atoms with Gasteiger partial charge >= 0.3 is 0 Å². The van der Waals surface area contributed by atoms with Gasteiger partial charge in [0.25, 0.3) is 0 Å². The molecule has 26 heavy (non-hydrogen) atoms. The van der Waals surface area contributed by atoms with Gasteiger partial charge in [0.05, 0.1) is 10.6 Å². The predicted octanol–water partition coefficient (Wildman–Crippen LogP) is 4.09. The van der Waals surface area contributed by atoms with Gasteiger partial charge in [-0.3, -0.25) is 4.90 Å². The summed E-state index contributed by atoms with van der Waals surface area (Å²) in [5.41, 5.74) is 1.14. The van der Waals surface area contributed by atoms with E-state index in [0.29, 0.717) is 13.1 Å². The van der Waals surface area contributed by atoms with Crippen molar-refractivity contribution in [2.45, 2.75) is 11.4 Å². The molecule has 0 bridgehead atoms. The highest BCUT2D eigenvalue weighted by Crippen LogP contribution is 2.30. The number of sulfone groups is 1. The summed E-state index contributed by atoms with van der Waals surface area (Å²) < 4.78 is 52.0. The molecule has 136 valence electrons. The molecule has 3 nitrogen and oxygen atoms in total. The first-order chi connectivity index (χ1) is 12.4. The Bertz CT molecular complexity index is 1040. The molecule has 1 aliphatic heterocycles. The van der Waals surface area contributed by atoms with Gasteiger partial charge in [-0.25, -0.2) is 17.2 Å². The smallest absolute Gasteiger partial charge is 0.178 e. The Hall–Kier alpha value is -1.83. The van der Waals surface area contributed by atoms with Crippen LogP contribution < -0.4 is 0 Å². The molecule has 0 atom stereocenters. The lowest BCUT2D eigenvalue weighted by Gasteiger charge is -2.39. The lowest BCUT2D eigenvalue weighted by molar-refractivity contribution is 0.107. The summed E-state index contributed by atoms with van der Waals surface area (Å²) in [5, 5.41) is 3.09. The van der Waals surface area contributed by atoms with Gasteiger partial charge in [-0.15, -0.1) is 11.3 Å². The molecule has 1 aliphatic rings. The van der Waals surface area contributed by atoms with Crippen LogP contribution in [0.15, 0.2) is 52.7 Å². The molecule has 7 heteroatoms. The van der Waals surface area contributed by atoms with E-state index < -0.39 is 15.7 Å². The molecule has 1 aromatic heterocycles. The second-order valence-corrected chi connectivity index (χ2v) is 9.64. The SMILES string of the molecule is O=S(=O)(CC1CN(Cc2csc3cc(F)ccc23)C1)c1ccc(F)cc1. The lowest BCUT2D eigenvalue weighted by Crippen LogP contribution is -2.48. The van der Waals surface area contributed by atoms with Crippen LogP contribution in [0, 0.1) is 17.6 Å². The van der Waals surface area contributed by atoms with Crippen molar-refractivity contribution in [1.29, 1.82) is 0 Å². The van der Waals surface area contributed by atoms with Crippen LogP contribution in [-0.2, 0) is 16.4 Å². The number of fused-ring (bicyclic) bond motifs is 1. The van der Waals surface area contributed by atoms with Crippen molar-refractivity contribution in [1.82, 2.24) is 4.90 Å². The van der Waals surface area contributed by atoms with Crippen LogP contribution in [-0.4, -0.2) is 32.2 Å². The molecule has 0 spiro atoms. The van der Waals surface area contributed by atoms with Gasteiger partial charge < -0.3 is 0 Å². The molecule has 2 aromatic carbocycles. The third-order valence-corrected chi connectivity index (χ3v) is 7.57. The highest BCUT2D eigenvalue weighted by atomic mass is 32.2. The number of rotatable bonds is 5. The zero-order valence-electron chi connectivity index (χ0n) is 13.9. The molecular weight excluding hydrogens is 376 g/mol. The van der Waals surface area contributed by atoms with E-state index in [0.717, 1.165) is 22.2 Å². The number of thiophene rings is 1. The van der Waals surface area contributed by atoms with Crippen LogP contribution in [0.4, 0.5) is 8.78 Å².